The smallest absolute Gasteiger partial charge is 0.255 e. The Labute approximate surface area is 170 Å². The van der Waals surface area contributed by atoms with E-state index in [9.17, 15) is 17.6 Å². The highest BCUT2D eigenvalue weighted by molar-refractivity contribution is 9.10. The van der Waals surface area contributed by atoms with Gasteiger partial charge in [-0.25, -0.2) is 12.8 Å². The zero-order valence-electron chi connectivity index (χ0n) is 14.9. The first kappa shape index (κ1) is 20.7. The number of amides is 1. The molecule has 150 valence electrons. The summed E-state index contributed by atoms with van der Waals surface area (Å²) in [5.41, 5.74) is 0.0524. The van der Waals surface area contributed by atoms with Gasteiger partial charge in [0.05, 0.1) is 26.0 Å². The van der Waals surface area contributed by atoms with Gasteiger partial charge in [0.2, 0.25) is 10.0 Å². The van der Waals surface area contributed by atoms with Crippen LogP contribution in [0.2, 0.25) is 0 Å². The zero-order valence-corrected chi connectivity index (χ0v) is 17.3. The molecule has 0 atom stereocenters. The maximum Gasteiger partial charge on any atom is 0.255 e. The van der Waals surface area contributed by atoms with Gasteiger partial charge in [-0.15, -0.1) is 0 Å². The van der Waals surface area contributed by atoms with Crippen molar-refractivity contribution < 1.29 is 27.1 Å². The number of hydrogen-bond donors (Lipinski definition) is 1. The van der Waals surface area contributed by atoms with E-state index in [1.165, 1.54) is 41.7 Å². The van der Waals surface area contributed by atoms with Gasteiger partial charge in [-0.3, -0.25) is 4.79 Å². The minimum Gasteiger partial charge on any atom is -0.495 e. The second-order valence-corrected chi connectivity index (χ2v) is 8.78. The Kier molecular flexibility index (Phi) is 6.33. The SMILES string of the molecule is COc1ccc(C(=O)Nc2ccc(Br)cc2F)cc1S(=O)(=O)N1CCOCC1. The molecule has 1 aliphatic heterocycles. The number of rotatable bonds is 5. The molecule has 0 bridgehead atoms. The van der Waals surface area contributed by atoms with E-state index < -0.39 is 21.7 Å². The van der Waals surface area contributed by atoms with Gasteiger partial charge in [-0.05, 0) is 36.4 Å². The third-order valence-corrected chi connectivity index (χ3v) is 6.61. The Morgan fingerprint density at radius 1 is 1.21 bits per heavy atom. The highest BCUT2D eigenvalue weighted by Gasteiger charge is 2.30. The highest BCUT2D eigenvalue weighted by atomic mass is 79.9. The number of morpholine rings is 1. The van der Waals surface area contributed by atoms with Gasteiger partial charge in [-0.2, -0.15) is 4.31 Å². The van der Waals surface area contributed by atoms with Crippen LogP contribution in [0.1, 0.15) is 10.4 Å². The molecule has 7 nitrogen and oxygen atoms in total. The number of anilines is 1. The Morgan fingerprint density at radius 2 is 1.93 bits per heavy atom. The predicted octanol–water partition coefficient (Wildman–Crippen LogP) is 2.87. The van der Waals surface area contributed by atoms with Crippen molar-refractivity contribution in [1.29, 1.82) is 0 Å². The summed E-state index contributed by atoms with van der Waals surface area (Å²) in [7, 11) is -2.53. The molecule has 0 aromatic heterocycles. The molecular weight excluding hydrogens is 455 g/mol. The molecule has 10 heteroatoms. The minimum absolute atomic E-state index is 0.0124. The van der Waals surface area contributed by atoms with Gasteiger partial charge in [-0.1, -0.05) is 15.9 Å². The summed E-state index contributed by atoms with van der Waals surface area (Å²) in [5, 5.41) is 2.45. The molecule has 1 saturated heterocycles. The van der Waals surface area contributed by atoms with Crippen molar-refractivity contribution in [3.05, 3.63) is 52.3 Å². The number of halogens is 2. The van der Waals surface area contributed by atoms with E-state index in [0.717, 1.165) is 0 Å². The fourth-order valence-electron chi connectivity index (χ4n) is 2.73. The standard InChI is InChI=1S/C18H18BrFN2O5S/c1-26-16-5-2-12(18(23)21-15-4-3-13(19)11-14(15)20)10-17(16)28(24,25)22-6-8-27-9-7-22/h2-5,10-11H,6-9H2,1H3,(H,21,23). The van der Waals surface area contributed by atoms with Crippen molar-refractivity contribution >= 4 is 37.5 Å². The van der Waals surface area contributed by atoms with E-state index in [-0.39, 0.29) is 35.0 Å². The van der Waals surface area contributed by atoms with Gasteiger partial charge < -0.3 is 14.8 Å². The van der Waals surface area contributed by atoms with Crippen LogP contribution in [0.4, 0.5) is 10.1 Å². The lowest BCUT2D eigenvalue weighted by Crippen LogP contribution is -2.40. The fraction of sp³-hybridized carbons (Fsp3) is 0.278. The van der Waals surface area contributed by atoms with E-state index in [0.29, 0.717) is 17.7 Å². The quantitative estimate of drug-likeness (QED) is 0.722. The minimum atomic E-state index is -3.88. The van der Waals surface area contributed by atoms with E-state index in [2.05, 4.69) is 21.2 Å². The summed E-state index contributed by atoms with van der Waals surface area (Å²) < 4.78 is 52.1. The van der Waals surface area contributed by atoms with Crippen molar-refractivity contribution in [1.82, 2.24) is 4.31 Å². The van der Waals surface area contributed by atoms with Gasteiger partial charge in [0.25, 0.3) is 5.91 Å². The summed E-state index contributed by atoms with van der Waals surface area (Å²) in [5.74, 6) is -1.13. The zero-order chi connectivity index (χ0) is 20.3. The van der Waals surface area contributed by atoms with Crippen LogP contribution in [-0.4, -0.2) is 52.0 Å². The first-order chi connectivity index (χ1) is 13.3. The maximum atomic E-state index is 14.0. The summed E-state index contributed by atoms with van der Waals surface area (Å²) >= 11 is 3.15. The third kappa shape index (κ3) is 4.35. The number of hydrogen-bond acceptors (Lipinski definition) is 5. The number of nitrogens with one attached hydrogen (secondary N) is 1. The topological polar surface area (TPSA) is 84.9 Å². The average Bonchev–Trinajstić information content (AvgIpc) is 2.70. The van der Waals surface area contributed by atoms with Crippen LogP contribution in [0.5, 0.6) is 5.75 Å². The molecule has 2 aromatic rings. The van der Waals surface area contributed by atoms with Crippen LogP contribution >= 0.6 is 15.9 Å². The van der Waals surface area contributed by atoms with Gasteiger partial charge in [0, 0.05) is 23.1 Å². The monoisotopic (exact) mass is 472 g/mol. The molecule has 1 amide bonds. The molecule has 1 fully saturated rings. The summed E-state index contributed by atoms with van der Waals surface area (Å²) in [6.07, 6.45) is 0. The molecule has 2 aromatic carbocycles. The Hall–Kier alpha value is -2.01. The molecule has 1 heterocycles. The number of nitrogens with zero attached hydrogens (tertiary/aromatic N) is 1. The van der Waals surface area contributed by atoms with E-state index in [4.69, 9.17) is 9.47 Å². The van der Waals surface area contributed by atoms with Crippen LogP contribution in [-0.2, 0) is 14.8 Å². The van der Waals surface area contributed by atoms with Gasteiger partial charge >= 0.3 is 0 Å². The lowest BCUT2D eigenvalue weighted by molar-refractivity contribution is 0.0729. The number of ether oxygens (including phenoxy) is 2. The van der Waals surface area contributed by atoms with Crippen LogP contribution in [0.3, 0.4) is 0 Å². The average molecular weight is 473 g/mol. The Bertz CT molecular complexity index is 993. The van der Waals surface area contributed by atoms with Gasteiger partial charge in [0.1, 0.15) is 16.5 Å². The number of sulfonamides is 1. The largest absolute Gasteiger partial charge is 0.495 e. The van der Waals surface area contributed by atoms with Crippen molar-refractivity contribution in [2.75, 3.05) is 38.7 Å². The number of methoxy groups -OCH3 is 1. The molecule has 0 aliphatic carbocycles. The molecule has 3 rings (SSSR count). The summed E-state index contributed by atoms with van der Waals surface area (Å²) in [6.45, 7) is 1.02. The molecule has 0 unspecified atom stereocenters. The number of carbonyl (C=O) groups is 1. The fourth-order valence-corrected chi connectivity index (χ4v) is 4.65. The first-order valence-corrected chi connectivity index (χ1v) is 10.6. The highest BCUT2D eigenvalue weighted by Crippen LogP contribution is 2.29. The third-order valence-electron chi connectivity index (χ3n) is 4.19. The van der Waals surface area contributed by atoms with Crippen molar-refractivity contribution in [3.63, 3.8) is 0 Å². The normalized spacial score (nSPS) is 15.2. The molecule has 1 aliphatic rings. The summed E-state index contributed by atoms with van der Waals surface area (Å²) in [6, 6.07) is 8.27. The van der Waals surface area contributed by atoms with E-state index >= 15 is 0 Å². The molecule has 28 heavy (non-hydrogen) atoms. The summed E-state index contributed by atoms with van der Waals surface area (Å²) in [4.78, 5) is 12.4. The second kappa shape index (κ2) is 8.56. The van der Waals surface area contributed by atoms with Crippen molar-refractivity contribution in [2.45, 2.75) is 4.90 Å². The Morgan fingerprint density at radius 3 is 2.57 bits per heavy atom. The van der Waals surface area contributed by atoms with Crippen molar-refractivity contribution in [3.8, 4) is 5.75 Å². The van der Waals surface area contributed by atoms with E-state index in [1.807, 2.05) is 0 Å². The lowest BCUT2D eigenvalue weighted by Gasteiger charge is -2.26. The molecule has 0 radical (unpaired) electrons. The van der Waals surface area contributed by atoms with Crippen LogP contribution in [0, 0.1) is 5.82 Å². The maximum absolute atomic E-state index is 14.0. The molecular formula is C18H18BrFN2O5S. The van der Waals surface area contributed by atoms with Crippen molar-refractivity contribution in [2.24, 2.45) is 0 Å². The van der Waals surface area contributed by atoms with Gasteiger partial charge in [0.15, 0.2) is 0 Å². The number of carbonyl (C=O) groups excluding carboxylic acids is 1. The molecule has 0 saturated carbocycles. The van der Waals surface area contributed by atoms with Crippen LogP contribution in [0.15, 0.2) is 45.8 Å². The molecule has 1 N–H and O–H groups in total. The molecule has 0 spiro atoms. The second-order valence-electron chi connectivity index (χ2n) is 5.96. The van der Waals surface area contributed by atoms with E-state index in [1.54, 1.807) is 6.07 Å². The number of benzene rings is 2. The lowest BCUT2D eigenvalue weighted by atomic mass is 10.2. The predicted molar refractivity (Wildman–Crippen MR) is 105 cm³/mol. The Balaban J connectivity index is 1.92. The van der Waals surface area contributed by atoms with Crippen LogP contribution < -0.4 is 10.1 Å². The first-order valence-electron chi connectivity index (χ1n) is 8.35. The van der Waals surface area contributed by atoms with Crippen LogP contribution in [0.25, 0.3) is 0 Å².